The van der Waals surface area contributed by atoms with Crippen LogP contribution in [-0.4, -0.2) is 63.2 Å². The number of hydrogen-bond donors (Lipinski definition) is 1. The molecule has 0 bridgehead atoms. The van der Waals surface area contributed by atoms with Crippen molar-refractivity contribution in [1.29, 1.82) is 0 Å². The van der Waals surface area contributed by atoms with Gasteiger partial charge < -0.3 is 19.5 Å². The summed E-state index contributed by atoms with van der Waals surface area (Å²) in [6.45, 7) is 10.0. The van der Waals surface area contributed by atoms with Crippen LogP contribution in [0.2, 0.25) is 0 Å². The van der Waals surface area contributed by atoms with Crippen LogP contribution in [0.15, 0.2) is 27.6 Å². The summed E-state index contributed by atoms with van der Waals surface area (Å²) < 4.78 is 37.9. The van der Waals surface area contributed by atoms with Gasteiger partial charge in [0.1, 0.15) is 11.4 Å². The van der Waals surface area contributed by atoms with Gasteiger partial charge in [0.15, 0.2) is 5.76 Å². The summed E-state index contributed by atoms with van der Waals surface area (Å²) in [6, 6.07) is 4.71. The molecule has 1 aromatic carbocycles. The lowest BCUT2D eigenvalue weighted by Gasteiger charge is -2.30. The highest BCUT2D eigenvalue weighted by Gasteiger charge is 2.27. The van der Waals surface area contributed by atoms with Crippen molar-refractivity contribution in [3.8, 4) is 0 Å². The van der Waals surface area contributed by atoms with Gasteiger partial charge in [-0.05, 0) is 32.0 Å². The van der Waals surface area contributed by atoms with Crippen LogP contribution in [0.3, 0.4) is 0 Å². The van der Waals surface area contributed by atoms with E-state index in [1.54, 1.807) is 39.8 Å². The van der Waals surface area contributed by atoms with Crippen LogP contribution in [0.1, 0.15) is 35.7 Å². The number of carbonyl (C=O) groups is 1. The fourth-order valence-electron chi connectivity index (χ4n) is 3.49. The molecule has 1 saturated heterocycles. The van der Waals surface area contributed by atoms with E-state index in [2.05, 4.69) is 10.5 Å². The van der Waals surface area contributed by atoms with E-state index >= 15 is 0 Å². The van der Waals surface area contributed by atoms with Crippen LogP contribution in [-0.2, 0) is 14.8 Å². The zero-order chi connectivity index (χ0) is 21.9. The van der Waals surface area contributed by atoms with Crippen molar-refractivity contribution in [2.24, 2.45) is 0 Å². The number of aromatic nitrogens is 1. The number of ether oxygens (including phenoxy) is 1. The molecule has 3 rings (SSSR count). The average Bonchev–Trinajstić information content (AvgIpc) is 3.06. The minimum absolute atomic E-state index is 0.0899. The number of nitrogens with zero attached hydrogens (tertiary/aromatic N) is 3. The molecule has 0 spiro atoms. The molecule has 1 aliphatic rings. The quantitative estimate of drug-likeness (QED) is 0.711. The van der Waals surface area contributed by atoms with E-state index < -0.39 is 15.9 Å². The van der Waals surface area contributed by atoms with Crippen molar-refractivity contribution >= 4 is 27.3 Å². The highest BCUT2D eigenvalue weighted by atomic mass is 32.2. The third-order valence-corrected chi connectivity index (χ3v) is 7.23. The summed E-state index contributed by atoms with van der Waals surface area (Å²) in [5.41, 5.74) is 2.00. The molecule has 1 amide bonds. The summed E-state index contributed by atoms with van der Waals surface area (Å²) in [7, 11) is -3.70. The van der Waals surface area contributed by atoms with E-state index in [9.17, 15) is 13.2 Å². The van der Waals surface area contributed by atoms with E-state index in [4.69, 9.17) is 9.26 Å². The molecule has 1 N–H and O–H groups in total. The topological polar surface area (TPSA) is 105 Å². The molecule has 1 aromatic heterocycles. The predicted molar refractivity (Wildman–Crippen MR) is 114 cm³/mol. The number of anilines is 2. The molecule has 30 heavy (non-hydrogen) atoms. The Morgan fingerprint density at radius 1 is 1.20 bits per heavy atom. The molecule has 2 aromatic rings. The van der Waals surface area contributed by atoms with Crippen molar-refractivity contribution in [2.75, 3.05) is 49.6 Å². The second-order valence-corrected chi connectivity index (χ2v) is 8.96. The lowest BCUT2D eigenvalue weighted by molar-refractivity contribution is 0.102. The first-order chi connectivity index (χ1) is 14.3. The molecule has 0 aliphatic carbocycles. The number of nitrogens with one attached hydrogen (secondary N) is 1. The minimum Gasteiger partial charge on any atom is -0.378 e. The normalized spacial score (nSPS) is 14.9. The third-order valence-electron chi connectivity index (χ3n) is 5.18. The summed E-state index contributed by atoms with van der Waals surface area (Å²) in [5, 5.41) is 6.69. The van der Waals surface area contributed by atoms with Gasteiger partial charge in [0.2, 0.25) is 10.0 Å². The van der Waals surface area contributed by atoms with Crippen LogP contribution >= 0.6 is 0 Å². The van der Waals surface area contributed by atoms with Crippen LogP contribution in [0.4, 0.5) is 11.4 Å². The van der Waals surface area contributed by atoms with Gasteiger partial charge in [-0.1, -0.05) is 19.0 Å². The molecule has 2 heterocycles. The lowest BCUT2D eigenvalue weighted by Crippen LogP contribution is -2.37. The number of sulfonamides is 1. The number of carbonyl (C=O) groups excluding carboxylic acids is 1. The van der Waals surface area contributed by atoms with Crippen molar-refractivity contribution in [2.45, 2.75) is 32.6 Å². The second kappa shape index (κ2) is 9.15. The van der Waals surface area contributed by atoms with Crippen molar-refractivity contribution in [1.82, 2.24) is 9.46 Å². The monoisotopic (exact) mass is 436 g/mol. The highest BCUT2D eigenvalue weighted by Crippen LogP contribution is 2.28. The van der Waals surface area contributed by atoms with Crippen LogP contribution in [0, 0.1) is 13.8 Å². The number of rotatable bonds is 7. The SMILES string of the molecule is CCN(CC)S(=O)(=O)c1ccc(N2CCOCC2)c(C(=O)Nc2c(C)noc2C)c1. The largest absolute Gasteiger partial charge is 0.378 e. The van der Waals surface area contributed by atoms with Crippen LogP contribution in [0.5, 0.6) is 0 Å². The zero-order valence-electron chi connectivity index (χ0n) is 17.8. The van der Waals surface area contributed by atoms with E-state index in [1.807, 2.05) is 4.90 Å². The van der Waals surface area contributed by atoms with Gasteiger partial charge in [0.25, 0.3) is 5.91 Å². The lowest BCUT2D eigenvalue weighted by atomic mass is 10.1. The smallest absolute Gasteiger partial charge is 0.257 e. The predicted octanol–water partition coefficient (Wildman–Crippen LogP) is 2.41. The summed E-state index contributed by atoms with van der Waals surface area (Å²) in [6.07, 6.45) is 0. The molecular weight excluding hydrogens is 408 g/mol. The van der Waals surface area contributed by atoms with Crippen molar-refractivity contribution < 1.29 is 22.5 Å². The maximum Gasteiger partial charge on any atom is 0.257 e. The fraction of sp³-hybridized carbons (Fsp3) is 0.500. The third kappa shape index (κ3) is 4.35. The first-order valence-corrected chi connectivity index (χ1v) is 11.4. The molecule has 164 valence electrons. The number of aryl methyl sites for hydroxylation is 2. The van der Waals surface area contributed by atoms with Gasteiger partial charge in [-0.25, -0.2) is 8.42 Å². The molecule has 1 fully saturated rings. The number of morpholine rings is 1. The van der Waals surface area contributed by atoms with Crippen molar-refractivity contribution in [3.63, 3.8) is 0 Å². The average molecular weight is 437 g/mol. The molecule has 9 nitrogen and oxygen atoms in total. The Balaban J connectivity index is 2.05. The van der Waals surface area contributed by atoms with E-state index in [0.717, 1.165) is 0 Å². The standard InChI is InChI=1S/C20H28N4O5S/c1-5-24(6-2)30(26,27)16-7-8-18(23-9-11-28-12-10-23)17(13-16)20(25)21-19-14(3)22-29-15(19)4/h7-8,13H,5-6,9-12H2,1-4H3,(H,21,25). The van der Waals surface area contributed by atoms with Crippen molar-refractivity contribution in [3.05, 3.63) is 35.2 Å². The molecule has 10 heteroatoms. The second-order valence-electron chi connectivity index (χ2n) is 7.02. The minimum atomic E-state index is -3.70. The number of hydrogen-bond acceptors (Lipinski definition) is 7. The number of amides is 1. The Hall–Kier alpha value is -2.43. The maximum absolute atomic E-state index is 13.2. The molecule has 1 aliphatic heterocycles. The Labute approximate surface area is 177 Å². The first-order valence-electron chi connectivity index (χ1n) is 10.0. The van der Waals surface area contributed by atoms with E-state index in [-0.39, 0.29) is 10.5 Å². The Morgan fingerprint density at radius 2 is 1.87 bits per heavy atom. The fourth-order valence-corrected chi connectivity index (χ4v) is 4.98. The van der Waals surface area contributed by atoms with Gasteiger partial charge in [0, 0.05) is 31.9 Å². The van der Waals surface area contributed by atoms with Gasteiger partial charge in [-0.3, -0.25) is 4.79 Å². The van der Waals surface area contributed by atoms with Gasteiger partial charge in [-0.2, -0.15) is 4.31 Å². The maximum atomic E-state index is 13.2. The Bertz CT molecular complexity index is 989. The summed E-state index contributed by atoms with van der Waals surface area (Å²) in [4.78, 5) is 15.3. The molecule has 0 radical (unpaired) electrons. The Morgan fingerprint density at radius 3 is 2.43 bits per heavy atom. The van der Waals surface area contributed by atoms with Crippen LogP contribution in [0.25, 0.3) is 0 Å². The van der Waals surface area contributed by atoms with Gasteiger partial charge >= 0.3 is 0 Å². The molecule has 0 unspecified atom stereocenters. The van der Waals surface area contributed by atoms with Gasteiger partial charge in [-0.15, -0.1) is 0 Å². The first kappa shape index (κ1) is 22.3. The number of benzene rings is 1. The Kier molecular flexibility index (Phi) is 6.79. The zero-order valence-corrected chi connectivity index (χ0v) is 18.6. The van der Waals surface area contributed by atoms with Gasteiger partial charge in [0.05, 0.1) is 23.7 Å². The van der Waals surface area contributed by atoms with Crippen LogP contribution < -0.4 is 10.2 Å². The molecule has 0 saturated carbocycles. The summed E-state index contributed by atoms with van der Waals surface area (Å²) >= 11 is 0. The van der Waals surface area contributed by atoms with E-state index in [1.165, 1.54) is 10.4 Å². The molecule has 0 atom stereocenters. The highest BCUT2D eigenvalue weighted by molar-refractivity contribution is 7.89. The molecular formula is C20H28N4O5S. The van der Waals surface area contributed by atoms with E-state index in [0.29, 0.717) is 62.2 Å². The summed E-state index contributed by atoms with van der Waals surface area (Å²) in [5.74, 6) is 0.0724.